The summed E-state index contributed by atoms with van der Waals surface area (Å²) >= 11 is 0. The van der Waals surface area contributed by atoms with Gasteiger partial charge in [-0.05, 0) is 86.4 Å². The van der Waals surface area contributed by atoms with Gasteiger partial charge < -0.3 is 4.43 Å². The van der Waals surface area contributed by atoms with Crippen LogP contribution in [-0.4, -0.2) is 14.4 Å². The molecule has 0 aromatic heterocycles. The second kappa shape index (κ2) is 12.2. The highest BCUT2D eigenvalue weighted by Crippen LogP contribution is 2.47. The van der Waals surface area contributed by atoms with Gasteiger partial charge in [-0.25, -0.2) is 0 Å². The first-order valence-electron chi connectivity index (χ1n) is 13.7. The largest absolute Gasteiger partial charge is 0.414 e. The number of hydrogen-bond acceptors (Lipinski definition) is 1. The minimum atomic E-state index is -1.73. The Morgan fingerprint density at radius 2 is 1.78 bits per heavy atom. The van der Waals surface area contributed by atoms with Crippen molar-refractivity contribution in [3.8, 4) is 0 Å². The van der Waals surface area contributed by atoms with Gasteiger partial charge in [0.15, 0.2) is 8.32 Å². The molecule has 1 fully saturated rings. The van der Waals surface area contributed by atoms with E-state index in [0.717, 1.165) is 23.7 Å². The molecule has 2 rings (SSSR count). The van der Waals surface area contributed by atoms with Crippen LogP contribution in [0.15, 0.2) is 24.3 Å². The average Bonchev–Trinajstić information content (AvgIpc) is 2.99. The molecular formula is C30H54OSi. The summed E-state index contributed by atoms with van der Waals surface area (Å²) in [5.41, 5.74) is 2.95. The number of unbranched alkanes of at least 4 members (excludes halogenated alkanes) is 2. The van der Waals surface area contributed by atoms with E-state index < -0.39 is 8.32 Å². The normalized spacial score (nSPS) is 25.3. The maximum absolute atomic E-state index is 7.01. The summed E-state index contributed by atoms with van der Waals surface area (Å²) in [6.45, 7) is 21.5. The van der Waals surface area contributed by atoms with Gasteiger partial charge in [-0.15, -0.1) is 0 Å². The highest BCUT2D eigenvalue weighted by atomic mass is 28.4. The quantitative estimate of drug-likeness (QED) is 0.224. The topological polar surface area (TPSA) is 9.23 Å². The van der Waals surface area contributed by atoms with Crippen LogP contribution < -0.4 is 0 Å². The Kier molecular flexibility index (Phi) is 10.5. The number of hydrogen-bond donors (Lipinski definition) is 0. The Morgan fingerprint density at radius 1 is 1.06 bits per heavy atom. The molecule has 0 spiro atoms. The van der Waals surface area contributed by atoms with Crippen LogP contribution in [0.25, 0.3) is 0 Å². The van der Waals surface area contributed by atoms with E-state index in [1.165, 1.54) is 63.4 Å². The van der Waals surface area contributed by atoms with Gasteiger partial charge in [0.25, 0.3) is 0 Å². The van der Waals surface area contributed by atoms with Crippen molar-refractivity contribution in [2.45, 2.75) is 130 Å². The van der Waals surface area contributed by atoms with Crippen molar-refractivity contribution < 1.29 is 4.43 Å². The van der Waals surface area contributed by atoms with Crippen LogP contribution in [0.2, 0.25) is 18.1 Å². The second-order valence-electron chi connectivity index (χ2n) is 12.5. The molecule has 32 heavy (non-hydrogen) atoms. The summed E-state index contributed by atoms with van der Waals surface area (Å²) in [4.78, 5) is 0. The fraction of sp³-hybridized carbons (Fsp3) is 0.800. The maximum Gasteiger partial charge on any atom is 0.192 e. The average molecular weight is 459 g/mol. The smallest absolute Gasteiger partial charge is 0.192 e. The molecule has 184 valence electrons. The zero-order valence-corrected chi connectivity index (χ0v) is 24.0. The molecule has 1 aliphatic carbocycles. The van der Waals surface area contributed by atoms with Gasteiger partial charge in [0, 0.05) is 6.10 Å². The maximum atomic E-state index is 7.01. The van der Waals surface area contributed by atoms with Gasteiger partial charge in [-0.1, -0.05) is 97.1 Å². The van der Waals surface area contributed by atoms with Gasteiger partial charge in [0.1, 0.15) is 0 Å². The van der Waals surface area contributed by atoms with E-state index in [2.05, 4.69) is 85.8 Å². The first-order chi connectivity index (χ1) is 15.0. The first kappa shape index (κ1) is 27.6. The van der Waals surface area contributed by atoms with E-state index in [4.69, 9.17) is 4.43 Å². The highest BCUT2D eigenvalue weighted by molar-refractivity contribution is 6.74. The Hall–Kier alpha value is -0.603. The molecule has 5 atom stereocenters. The van der Waals surface area contributed by atoms with Crippen LogP contribution in [0.5, 0.6) is 0 Å². The zero-order valence-electron chi connectivity index (χ0n) is 23.0. The number of rotatable bonds is 12. The van der Waals surface area contributed by atoms with E-state index >= 15 is 0 Å². The Balaban J connectivity index is 2.11. The number of benzene rings is 1. The minimum absolute atomic E-state index is 0.289. The summed E-state index contributed by atoms with van der Waals surface area (Å²) in [7, 11) is -1.73. The lowest BCUT2D eigenvalue weighted by Crippen LogP contribution is -2.44. The van der Waals surface area contributed by atoms with E-state index in [1.54, 1.807) is 5.56 Å². The molecule has 1 nitrogen and oxygen atoms in total. The lowest BCUT2D eigenvalue weighted by atomic mass is 9.79. The zero-order chi connectivity index (χ0) is 23.9. The van der Waals surface area contributed by atoms with E-state index in [1.807, 2.05) is 0 Å². The lowest BCUT2D eigenvalue weighted by molar-refractivity contribution is 0.137. The minimum Gasteiger partial charge on any atom is -0.414 e. The number of aryl methyl sites for hydroxylation is 1. The van der Waals surface area contributed by atoms with Crippen LogP contribution in [0.3, 0.4) is 0 Å². The van der Waals surface area contributed by atoms with Crippen molar-refractivity contribution in [1.82, 2.24) is 0 Å². The van der Waals surface area contributed by atoms with Crippen molar-refractivity contribution in [3.05, 3.63) is 35.4 Å². The molecule has 0 amide bonds. The predicted octanol–water partition coefficient (Wildman–Crippen LogP) is 9.59. The summed E-state index contributed by atoms with van der Waals surface area (Å²) in [6.07, 6.45) is 12.3. The highest BCUT2D eigenvalue weighted by Gasteiger charge is 2.41. The predicted molar refractivity (Wildman–Crippen MR) is 145 cm³/mol. The van der Waals surface area contributed by atoms with Gasteiger partial charge in [-0.2, -0.15) is 0 Å². The summed E-state index contributed by atoms with van der Waals surface area (Å²) < 4.78 is 7.01. The van der Waals surface area contributed by atoms with Crippen molar-refractivity contribution in [2.75, 3.05) is 0 Å². The van der Waals surface area contributed by atoms with Crippen LogP contribution in [0.4, 0.5) is 0 Å². The molecular weight excluding hydrogens is 404 g/mol. The van der Waals surface area contributed by atoms with Crippen molar-refractivity contribution >= 4 is 8.32 Å². The van der Waals surface area contributed by atoms with Gasteiger partial charge in [0.05, 0.1) is 0 Å². The second-order valence-corrected chi connectivity index (χ2v) is 17.2. The SMILES string of the molecule is CCCCC[C@@H](CC[C@@H]1[C@@H](Cc2cccc(C)c2)[C@@H](CC)C[C@H]1C)O[Si](C)(C)C(C)(C)C. The summed E-state index contributed by atoms with van der Waals surface area (Å²) in [5.74, 6) is 3.41. The monoisotopic (exact) mass is 458 g/mol. The van der Waals surface area contributed by atoms with Crippen molar-refractivity contribution in [1.29, 1.82) is 0 Å². The molecule has 1 aromatic carbocycles. The Morgan fingerprint density at radius 3 is 2.38 bits per heavy atom. The molecule has 0 bridgehead atoms. The first-order valence-corrected chi connectivity index (χ1v) is 16.6. The van der Waals surface area contributed by atoms with Gasteiger partial charge >= 0.3 is 0 Å². The molecule has 0 radical (unpaired) electrons. The van der Waals surface area contributed by atoms with Gasteiger partial charge in [-0.3, -0.25) is 0 Å². The third kappa shape index (κ3) is 7.72. The third-order valence-electron chi connectivity index (χ3n) is 8.86. The van der Waals surface area contributed by atoms with Crippen LogP contribution in [0.1, 0.15) is 104 Å². The van der Waals surface area contributed by atoms with Crippen LogP contribution in [0, 0.1) is 30.6 Å². The fourth-order valence-electron chi connectivity index (χ4n) is 5.85. The molecule has 2 heteroatoms. The lowest BCUT2D eigenvalue weighted by Gasteiger charge is -2.40. The van der Waals surface area contributed by atoms with E-state index in [9.17, 15) is 0 Å². The van der Waals surface area contributed by atoms with Gasteiger partial charge in [0.2, 0.25) is 0 Å². The van der Waals surface area contributed by atoms with E-state index in [0.29, 0.717) is 6.10 Å². The standard InChI is InChI=1S/C30H54OSi/c1-10-12-13-17-27(31-32(8,9)30(5,6)7)18-19-28-24(4)21-26(11-2)29(28)22-25-16-14-15-23(3)20-25/h14-16,20,24,26-29H,10-13,17-19,21-22H2,1-9H3/t24-,26+,27+,28+,29+/m1/s1. The molecule has 0 N–H and O–H groups in total. The Bertz CT molecular complexity index is 674. The molecule has 1 aromatic rings. The molecule has 0 saturated heterocycles. The molecule has 0 aliphatic heterocycles. The molecule has 0 unspecified atom stereocenters. The van der Waals surface area contributed by atoms with E-state index in [-0.39, 0.29) is 5.04 Å². The van der Waals surface area contributed by atoms with Crippen LogP contribution >= 0.6 is 0 Å². The molecule has 1 saturated carbocycles. The van der Waals surface area contributed by atoms with Crippen LogP contribution in [-0.2, 0) is 10.8 Å². The fourth-order valence-corrected chi connectivity index (χ4v) is 7.27. The summed E-state index contributed by atoms with van der Waals surface area (Å²) in [6, 6.07) is 9.25. The third-order valence-corrected chi connectivity index (χ3v) is 13.4. The van der Waals surface area contributed by atoms with Crippen molar-refractivity contribution in [3.63, 3.8) is 0 Å². The summed E-state index contributed by atoms with van der Waals surface area (Å²) in [5, 5.41) is 0.289. The Labute approximate surface area is 202 Å². The van der Waals surface area contributed by atoms with Crippen molar-refractivity contribution in [2.24, 2.45) is 23.7 Å². The molecule has 0 heterocycles. The molecule has 1 aliphatic rings.